The third-order valence-corrected chi connectivity index (χ3v) is 5.88. The lowest BCUT2D eigenvalue weighted by Gasteiger charge is -2.37. The summed E-state index contributed by atoms with van der Waals surface area (Å²) >= 11 is 1.47. The number of carbonyl (C=O) groups is 2. The van der Waals surface area contributed by atoms with Crippen LogP contribution in [0, 0.1) is 13.8 Å². The lowest BCUT2D eigenvalue weighted by Crippen LogP contribution is -2.38. The van der Waals surface area contributed by atoms with E-state index >= 15 is 0 Å². The Bertz CT molecular complexity index is 978. The quantitative estimate of drug-likeness (QED) is 0.525. The minimum Gasteiger partial charge on any atom is -0.458 e. The van der Waals surface area contributed by atoms with Crippen LogP contribution in [0.3, 0.4) is 0 Å². The molecule has 158 valence electrons. The molecule has 0 fully saturated rings. The van der Waals surface area contributed by atoms with Gasteiger partial charge in [-0.25, -0.2) is 9.79 Å². The number of rotatable bonds is 7. The Morgan fingerprint density at radius 2 is 2.10 bits per heavy atom. The Morgan fingerprint density at radius 3 is 2.77 bits per heavy atom. The van der Waals surface area contributed by atoms with Crippen LogP contribution in [0.4, 0.5) is 0 Å². The summed E-state index contributed by atoms with van der Waals surface area (Å²) < 4.78 is 5.40. The van der Waals surface area contributed by atoms with Crippen LogP contribution in [-0.2, 0) is 14.3 Å². The average molecular weight is 426 g/mol. The van der Waals surface area contributed by atoms with Crippen molar-refractivity contribution in [2.24, 2.45) is 4.99 Å². The highest BCUT2D eigenvalue weighted by molar-refractivity contribution is 8.16. The third kappa shape index (κ3) is 4.36. The lowest BCUT2D eigenvalue weighted by atomic mass is 9.90. The normalized spacial score (nSPS) is 17.9. The number of benzene rings is 1. The van der Waals surface area contributed by atoms with Crippen LogP contribution < -0.4 is 5.32 Å². The van der Waals surface area contributed by atoms with E-state index in [2.05, 4.69) is 23.0 Å². The number of amides is 1. The van der Waals surface area contributed by atoms with Gasteiger partial charge in [0.05, 0.1) is 23.7 Å². The summed E-state index contributed by atoms with van der Waals surface area (Å²) in [5.74, 6) is -0.485. The number of nitrogens with zero attached hydrogens (tertiary/aromatic N) is 2. The van der Waals surface area contributed by atoms with Crippen molar-refractivity contribution in [3.05, 3.63) is 69.9 Å². The molecule has 1 N–H and O–H groups in total. The van der Waals surface area contributed by atoms with E-state index in [0.717, 1.165) is 27.6 Å². The summed E-state index contributed by atoms with van der Waals surface area (Å²) in [6.07, 6.45) is 1.76. The number of nitrogens with one attached hydrogen (secondary N) is 1. The Kier molecular flexibility index (Phi) is 6.82. The standard InChI is InChI=1S/C23H27N3O3S/c1-6-10-29-22(28)20-16(5)25-23-26(17(13-30-23)12-19(27)24-7-2)21(20)18-9-8-14(3)11-15(18)4/h6,8-9,11,13,21H,1,7,10,12H2,2-5H3,(H,24,27). The minimum atomic E-state index is -0.422. The van der Waals surface area contributed by atoms with Gasteiger partial charge < -0.3 is 15.0 Å². The highest BCUT2D eigenvalue weighted by atomic mass is 32.2. The van der Waals surface area contributed by atoms with Gasteiger partial charge in [-0.1, -0.05) is 48.2 Å². The van der Waals surface area contributed by atoms with Gasteiger partial charge in [-0.3, -0.25) is 4.79 Å². The molecule has 0 aliphatic carbocycles. The van der Waals surface area contributed by atoms with Crippen LogP contribution >= 0.6 is 11.8 Å². The lowest BCUT2D eigenvalue weighted by molar-refractivity contribution is -0.138. The van der Waals surface area contributed by atoms with Crippen molar-refractivity contribution in [3.63, 3.8) is 0 Å². The molecule has 30 heavy (non-hydrogen) atoms. The van der Waals surface area contributed by atoms with Crippen molar-refractivity contribution in [1.29, 1.82) is 0 Å². The first-order chi connectivity index (χ1) is 14.4. The molecule has 7 heteroatoms. The van der Waals surface area contributed by atoms with Gasteiger partial charge in [0.15, 0.2) is 5.17 Å². The number of thioether (sulfide) groups is 1. The smallest absolute Gasteiger partial charge is 0.338 e. The number of amidine groups is 1. The fraction of sp³-hybridized carbons (Fsp3) is 0.348. The maximum absolute atomic E-state index is 13.0. The predicted octanol–water partition coefficient (Wildman–Crippen LogP) is 4.13. The fourth-order valence-electron chi connectivity index (χ4n) is 3.69. The second-order valence-corrected chi connectivity index (χ2v) is 8.11. The first-order valence-corrected chi connectivity index (χ1v) is 10.8. The number of fused-ring (bicyclic) bond motifs is 1. The Labute approximate surface area is 181 Å². The van der Waals surface area contributed by atoms with Gasteiger partial charge in [0, 0.05) is 12.2 Å². The Balaban J connectivity index is 2.09. The molecule has 2 aliphatic rings. The van der Waals surface area contributed by atoms with Crippen molar-refractivity contribution in [1.82, 2.24) is 10.2 Å². The zero-order chi connectivity index (χ0) is 21.8. The second kappa shape index (κ2) is 9.34. The minimum absolute atomic E-state index is 0.0629. The molecule has 1 atom stereocenters. The summed E-state index contributed by atoms with van der Waals surface area (Å²) in [4.78, 5) is 32.0. The van der Waals surface area contributed by atoms with Crippen molar-refractivity contribution in [3.8, 4) is 0 Å². The first kappa shape index (κ1) is 21.9. The van der Waals surface area contributed by atoms with Crippen LogP contribution in [0.1, 0.15) is 43.0 Å². The molecule has 0 saturated heterocycles. The summed E-state index contributed by atoms with van der Waals surface area (Å²) in [7, 11) is 0. The molecular weight excluding hydrogens is 398 g/mol. The molecule has 0 aromatic heterocycles. The molecule has 1 unspecified atom stereocenters. The predicted molar refractivity (Wildman–Crippen MR) is 121 cm³/mol. The molecule has 1 aromatic rings. The van der Waals surface area contributed by atoms with Crippen LogP contribution in [0.2, 0.25) is 0 Å². The fourth-order valence-corrected chi connectivity index (χ4v) is 4.66. The number of carbonyl (C=O) groups excluding carboxylic acids is 2. The molecule has 2 heterocycles. The molecule has 3 rings (SSSR count). The molecular formula is C23H27N3O3S. The van der Waals surface area contributed by atoms with E-state index in [9.17, 15) is 9.59 Å². The SMILES string of the molecule is C=CCOC(=O)C1=C(C)N=C2SC=C(CC(=O)NCC)N2C1c1ccc(C)cc1C. The van der Waals surface area contributed by atoms with Crippen molar-refractivity contribution >= 4 is 28.8 Å². The summed E-state index contributed by atoms with van der Waals surface area (Å²) in [5.41, 5.74) is 5.12. The number of aliphatic imine (C=N–C) groups is 1. The van der Waals surface area contributed by atoms with Crippen LogP contribution in [0.15, 0.2) is 58.2 Å². The monoisotopic (exact) mass is 425 g/mol. The van der Waals surface area contributed by atoms with Crippen LogP contribution in [0.25, 0.3) is 0 Å². The molecule has 0 saturated carbocycles. The van der Waals surface area contributed by atoms with Crippen LogP contribution in [0.5, 0.6) is 0 Å². The molecule has 1 aromatic carbocycles. The van der Waals surface area contributed by atoms with E-state index in [0.29, 0.717) is 17.8 Å². The molecule has 0 radical (unpaired) electrons. The van der Waals surface area contributed by atoms with Crippen molar-refractivity contribution in [2.75, 3.05) is 13.2 Å². The van der Waals surface area contributed by atoms with E-state index in [1.807, 2.05) is 50.1 Å². The topological polar surface area (TPSA) is 71.0 Å². The second-order valence-electron chi connectivity index (χ2n) is 7.27. The average Bonchev–Trinajstić information content (AvgIpc) is 3.07. The number of hydrogen-bond donors (Lipinski definition) is 1. The highest BCUT2D eigenvalue weighted by Gasteiger charge is 2.41. The zero-order valence-electron chi connectivity index (χ0n) is 17.8. The van der Waals surface area contributed by atoms with Gasteiger partial charge in [0.2, 0.25) is 5.91 Å². The molecule has 6 nitrogen and oxygen atoms in total. The Hall–Kier alpha value is -2.80. The van der Waals surface area contributed by atoms with E-state index in [1.165, 1.54) is 11.8 Å². The summed E-state index contributed by atoms with van der Waals surface area (Å²) in [6.45, 7) is 12.1. The molecule has 0 spiro atoms. The largest absolute Gasteiger partial charge is 0.458 e. The molecule has 1 amide bonds. The number of aryl methyl sites for hydroxylation is 2. The van der Waals surface area contributed by atoms with Gasteiger partial charge in [-0.15, -0.1) is 0 Å². The number of ether oxygens (including phenoxy) is 1. The van der Waals surface area contributed by atoms with E-state index in [-0.39, 0.29) is 18.9 Å². The molecule has 2 aliphatic heterocycles. The Morgan fingerprint density at radius 1 is 1.33 bits per heavy atom. The van der Waals surface area contributed by atoms with E-state index < -0.39 is 12.0 Å². The third-order valence-electron chi connectivity index (χ3n) is 4.99. The van der Waals surface area contributed by atoms with Gasteiger partial charge in [-0.2, -0.15) is 0 Å². The highest BCUT2D eigenvalue weighted by Crippen LogP contribution is 2.45. The van der Waals surface area contributed by atoms with Crippen LogP contribution in [-0.4, -0.2) is 35.1 Å². The number of hydrogen-bond acceptors (Lipinski definition) is 6. The zero-order valence-corrected chi connectivity index (χ0v) is 18.6. The van der Waals surface area contributed by atoms with E-state index in [4.69, 9.17) is 4.74 Å². The summed E-state index contributed by atoms with van der Waals surface area (Å²) in [5, 5.41) is 5.54. The van der Waals surface area contributed by atoms with Gasteiger partial charge in [-0.05, 0) is 44.2 Å². The van der Waals surface area contributed by atoms with Crippen molar-refractivity contribution < 1.29 is 14.3 Å². The van der Waals surface area contributed by atoms with Gasteiger partial charge in [0.25, 0.3) is 0 Å². The number of esters is 1. The van der Waals surface area contributed by atoms with E-state index in [1.54, 1.807) is 6.08 Å². The van der Waals surface area contributed by atoms with Gasteiger partial charge >= 0.3 is 5.97 Å². The maximum atomic E-state index is 13.0. The molecule has 0 bridgehead atoms. The van der Waals surface area contributed by atoms with Crippen molar-refractivity contribution in [2.45, 2.75) is 40.2 Å². The summed E-state index contributed by atoms with van der Waals surface area (Å²) in [6, 6.07) is 5.76. The maximum Gasteiger partial charge on any atom is 0.338 e. The number of allylic oxidation sites excluding steroid dienone is 1. The van der Waals surface area contributed by atoms with Gasteiger partial charge in [0.1, 0.15) is 6.61 Å². The first-order valence-electron chi connectivity index (χ1n) is 9.93.